The Bertz CT molecular complexity index is 391. The molecule has 0 spiro atoms. The standard InChI is InChI=1S/C11H18N4O2/c1-3-12-10(16)9-14-11(17-15-9)8-4-5-13-7(2)6-8/h7-8,13H,3-6H2,1-2H3,(H,12,16). The molecule has 0 aliphatic carbocycles. The Balaban J connectivity index is 2.04. The number of amides is 1. The van der Waals surface area contributed by atoms with E-state index >= 15 is 0 Å². The van der Waals surface area contributed by atoms with Crippen LogP contribution < -0.4 is 10.6 Å². The SMILES string of the molecule is CCNC(=O)c1noc(C2CCNC(C)C2)n1. The van der Waals surface area contributed by atoms with Crippen molar-refractivity contribution in [2.24, 2.45) is 0 Å². The van der Waals surface area contributed by atoms with E-state index in [1.807, 2.05) is 6.92 Å². The van der Waals surface area contributed by atoms with Gasteiger partial charge in [0.1, 0.15) is 0 Å². The Kier molecular flexibility index (Phi) is 3.73. The van der Waals surface area contributed by atoms with Crippen LogP contribution in [0.25, 0.3) is 0 Å². The Labute approximate surface area is 100 Å². The molecule has 17 heavy (non-hydrogen) atoms. The molecule has 6 heteroatoms. The number of rotatable bonds is 3. The van der Waals surface area contributed by atoms with Crippen LogP contribution in [0, 0.1) is 0 Å². The zero-order chi connectivity index (χ0) is 12.3. The molecule has 0 aromatic carbocycles. The highest BCUT2D eigenvalue weighted by molar-refractivity contribution is 5.90. The lowest BCUT2D eigenvalue weighted by Gasteiger charge is -2.25. The molecule has 0 radical (unpaired) electrons. The summed E-state index contributed by atoms with van der Waals surface area (Å²) in [5, 5.41) is 9.73. The summed E-state index contributed by atoms with van der Waals surface area (Å²) in [7, 11) is 0. The van der Waals surface area contributed by atoms with Crippen LogP contribution in [0.4, 0.5) is 0 Å². The predicted octanol–water partition coefficient (Wildman–Crippen LogP) is 0.675. The van der Waals surface area contributed by atoms with Gasteiger partial charge in [-0.1, -0.05) is 5.16 Å². The van der Waals surface area contributed by atoms with Gasteiger partial charge in [-0.25, -0.2) is 0 Å². The first-order valence-electron chi connectivity index (χ1n) is 6.06. The Hall–Kier alpha value is -1.43. The number of hydrogen-bond donors (Lipinski definition) is 2. The van der Waals surface area contributed by atoms with Crippen LogP contribution in [0.15, 0.2) is 4.52 Å². The molecule has 1 aromatic rings. The van der Waals surface area contributed by atoms with Crippen LogP contribution in [0.1, 0.15) is 49.1 Å². The molecule has 2 heterocycles. The second kappa shape index (κ2) is 5.27. The normalized spacial score (nSPS) is 24.6. The lowest BCUT2D eigenvalue weighted by Crippen LogP contribution is -2.35. The molecule has 1 aromatic heterocycles. The third kappa shape index (κ3) is 2.82. The van der Waals surface area contributed by atoms with Crippen molar-refractivity contribution in [3.8, 4) is 0 Å². The largest absolute Gasteiger partial charge is 0.349 e. The molecule has 1 fully saturated rings. The van der Waals surface area contributed by atoms with Gasteiger partial charge in [-0.3, -0.25) is 4.79 Å². The molecule has 1 saturated heterocycles. The lowest BCUT2D eigenvalue weighted by atomic mass is 9.93. The average molecular weight is 238 g/mol. The Morgan fingerprint density at radius 2 is 2.47 bits per heavy atom. The van der Waals surface area contributed by atoms with Gasteiger partial charge in [0, 0.05) is 18.5 Å². The van der Waals surface area contributed by atoms with E-state index < -0.39 is 0 Å². The molecule has 2 unspecified atom stereocenters. The van der Waals surface area contributed by atoms with E-state index in [1.54, 1.807) is 0 Å². The Morgan fingerprint density at radius 1 is 1.65 bits per heavy atom. The fourth-order valence-electron chi connectivity index (χ4n) is 2.09. The zero-order valence-electron chi connectivity index (χ0n) is 10.2. The predicted molar refractivity (Wildman–Crippen MR) is 61.7 cm³/mol. The average Bonchev–Trinajstić information content (AvgIpc) is 2.78. The van der Waals surface area contributed by atoms with Gasteiger partial charge in [0.05, 0.1) is 0 Å². The van der Waals surface area contributed by atoms with Gasteiger partial charge in [0.25, 0.3) is 11.7 Å². The number of hydrogen-bond acceptors (Lipinski definition) is 5. The second-order valence-corrected chi connectivity index (χ2v) is 4.39. The van der Waals surface area contributed by atoms with E-state index in [9.17, 15) is 4.79 Å². The van der Waals surface area contributed by atoms with Crippen molar-refractivity contribution in [1.29, 1.82) is 0 Å². The van der Waals surface area contributed by atoms with Gasteiger partial charge in [-0.05, 0) is 33.2 Å². The van der Waals surface area contributed by atoms with Crippen molar-refractivity contribution in [2.45, 2.75) is 38.6 Å². The summed E-state index contributed by atoms with van der Waals surface area (Å²) in [4.78, 5) is 15.7. The number of piperidine rings is 1. The van der Waals surface area contributed by atoms with Gasteiger partial charge in [-0.2, -0.15) is 4.98 Å². The Morgan fingerprint density at radius 3 is 3.18 bits per heavy atom. The second-order valence-electron chi connectivity index (χ2n) is 4.39. The van der Waals surface area contributed by atoms with Crippen LogP contribution in [-0.4, -0.2) is 35.2 Å². The molecule has 2 N–H and O–H groups in total. The maximum Gasteiger partial charge on any atom is 0.292 e. The molecular weight excluding hydrogens is 220 g/mol. The van der Waals surface area contributed by atoms with Gasteiger partial charge < -0.3 is 15.2 Å². The first-order chi connectivity index (χ1) is 8.20. The first kappa shape index (κ1) is 12.0. The van der Waals surface area contributed by atoms with Gasteiger partial charge in [-0.15, -0.1) is 0 Å². The van der Waals surface area contributed by atoms with E-state index in [4.69, 9.17) is 4.52 Å². The molecule has 94 valence electrons. The van der Waals surface area contributed by atoms with E-state index in [2.05, 4.69) is 27.7 Å². The third-order valence-electron chi connectivity index (χ3n) is 2.96. The van der Waals surface area contributed by atoms with Gasteiger partial charge in [0.15, 0.2) is 0 Å². The fourth-order valence-corrected chi connectivity index (χ4v) is 2.09. The summed E-state index contributed by atoms with van der Waals surface area (Å²) >= 11 is 0. The maximum absolute atomic E-state index is 11.5. The minimum absolute atomic E-state index is 0.132. The van der Waals surface area contributed by atoms with E-state index in [0.717, 1.165) is 19.4 Å². The smallest absolute Gasteiger partial charge is 0.292 e. The minimum atomic E-state index is -0.274. The molecule has 2 rings (SSSR count). The monoisotopic (exact) mass is 238 g/mol. The minimum Gasteiger partial charge on any atom is -0.349 e. The highest BCUT2D eigenvalue weighted by atomic mass is 16.5. The summed E-state index contributed by atoms with van der Waals surface area (Å²) in [6.07, 6.45) is 1.94. The van der Waals surface area contributed by atoms with Crippen molar-refractivity contribution in [1.82, 2.24) is 20.8 Å². The summed E-state index contributed by atoms with van der Waals surface area (Å²) in [6.45, 7) is 5.50. The van der Waals surface area contributed by atoms with Crippen LogP contribution >= 0.6 is 0 Å². The number of aromatic nitrogens is 2. The summed E-state index contributed by atoms with van der Waals surface area (Å²) in [6, 6.07) is 0.452. The number of nitrogens with one attached hydrogen (secondary N) is 2. The van der Waals surface area contributed by atoms with Crippen molar-refractivity contribution in [3.05, 3.63) is 11.7 Å². The molecular formula is C11H18N4O2. The van der Waals surface area contributed by atoms with Crippen LogP contribution in [0.2, 0.25) is 0 Å². The maximum atomic E-state index is 11.5. The molecule has 2 atom stereocenters. The van der Waals surface area contributed by atoms with Crippen molar-refractivity contribution < 1.29 is 9.32 Å². The number of carbonyl (C=O) groups excluding carboxylic acids is 1. The van der Waals surface area contributed by atoms with Crippen LogP contribution in [0.3, 0.4) is 0 Å². The van der Waals surface area contributed by atoms with Crippen molar-refractivity contribution in [2.75, 3.05) is 13.1 Å². The third-order valence-corrected chi connectivity index (χ3v) is 2.96. The van der Waals surface area contributed by atoms with Gasteiger partial charge >= 0.3 is 0 Å². The summed E-state index contributed by atoms with van der Waals surface area (Å²) in [5.74, 6) is 0.707. The molecule has 1 amide bonds. The summed E-state index contributed by atoms with van der Waals surface area (Å²) in [5.41, 5.74) is 0. The van der Waals surface area contributed by atoms with E-state index in [0.29, 0.717) is 18.5 Å². The first-order valence-corrected chi connectivity index (χ1v) is 6.06. The fraction of sp³-hybridized carbons (Fsp3) is 0.727. The van der Waals surface area contributed by atoms with Crippen molar-refractivity contribution >= 4 is 5.91 Å². The molecule has 0 saturated carbocycles. The number of carbonyl (C=O) groups is 1. The van der Waals surface area contributed by atoms with E-state index in [-0.39, 0.29) is 17.6 Å². The zero-order valence-corrected chi connectivity index (χ0v) is 10.2. The van der Waals surface area contributed by atoms with Gasteiger partial charge in [0.2, 0.25) is 5.89 Å². The topological polar surface area (TPSA) is 80.0 Å². The van der Waals surface area contributed by atoms with E-state index in [1.165, 1.54) is 0 Å². The van der Waals surface area contributed by atoms with Crippen molar-refractivity contribution in [3.63, 3.8) is 0 Å². The molecule has 1 aliphatic heterocycles. The summed E-state index contributed by atoms with van der Waals surface area (Å²) < 4.78 is 5.17. The molecule has 0 bridgehead atoms. The highest BCUT2D eigenvalue weighted by Crippen LogP contribution is 2.26. The quantitative estimate of drug-likeness (QED) is 0.809. The van der Waals surface area contributed by atoms with Crippen LogP contribution in [-0.2, 0) is 0 Å². The lowest BCUT2D eigenvalue weighted by molar-refractivity contribution is 0.0942. The highest BCUT2D eigenvalue weighted by Gasteiger charge is 2.26. The molecule has 1 aliphatic rings. The molecule has 6 nitrogen and oxygen atoms in total. The number of nitrogens with zero attached hydrogens (tertiary/aromatic N) is 2. The van der Waals surface area contributed by atoms with Crippen LogP contribution in [0.5, 0.6) is 0 Å².